The van der Waals surface area contributed by atoms with Gasteiger partial charge in [0, 0.05) is 34.6 Å². The lowest BCUT2D eigenvalue weighted by Crippen LogP contribution is -2.19. The van der Waals surface area contributed by atoms with Crippen LogP contribution in [0, 0.1) is 18.6 Å². The van der Waals surface area contributed by atoms with E-state index in [-0.39, 0.29) is 11.2 Å². The summed E-state index contributed by atoms with van der Waals surface area (Å²) in [5.74, 6) is -2.04. The third-order valence-corrected chi connectivity index (χ3v) is 4.97. The minimum Gasteiger partial charge on any atom is -0.308 e. The maximum absolute atomic E-state index is 13.2. The zero-order valence-electron chi connectivity index (χ0n) is 15.1. The highest BCUT2D eigenvalue weighted by molar-refractivity contribution is 7.15. The molecule has 4 rings (SSSR count). The third kappa shape index (κ3) is 3.85. The lowest BCUT2D eigenvalue weighted by molar-refractivity contribution is 0.262. The topological polar surface area (TPSA) is 75.5 Å². The monoisotopic (exact) mass is 412 g/mol. The van der Waals surface area contributed by atoms with E-state index in [1.165, 1.54) is 27.9 Å². The van der Waals surface area contributed by atoms with Gasteiger partial charge < -0.3 is 10.6 Å². The second-order valence-electron chi connectivity index (χ2n) is 6.26. The fraction of sp³-hybridized carbons (Fsp3) is 0.0500. The molecular weight excluding hydrogens is 398 g/mol. The second kappa shape index (κ2) is 7.44. The molecule has 2 amide bonds. The van der Waals surface area contributed by atoms with E-state index in [4.69, 9.17) is 0 Å². The number of anilines is 2. The van der Waals surface area contributed by atoms with E-state index in [0.717, 1.165) is 17.7 Å². The molecule has 0 aliphatic rings. The molecule has 0 radical (unpaired) electrons. The number of hydrogen-bond acceptors (Lipinski definition) is 4. The minimum absolute atomic E-state index is 0.130. The van der Waals surface area contributed by atoms with E-state index in [2.05, 4.69) is 15.6 Å². The maximum Gasteiger partial charge on any atom is 0.323 e. The summed E-state index contributed by atoms with van der Waals surface area (Å²) in [5, 5.41) is 6.89. The summed E-state index contributed by atoms with van der Waals surface area (Å²) in [5.41, 5.74) is 2.63. The molecule has 29 heavy (non-hydrogen) atoms. The van der Waals surface area contributed by atoms with Gasteiger partial charge in [-0.05, 0) is 36.8 Å². The van der Waals surface area contributed by atoms with E-state index in [0.29, 0.717) is 22.0 Å². The average molecular weight is 412 g/mol. The van der Waals surface area contributed by atoms with Gasteiger partial charge in [0.25, 0.3) is 5.56 Å². The highest BCUT2D eigenvalue weighted by atomic mass is 32.1. The highest BCUT2D eigenvalue weighted by Gasteiger charge is 2.11. The van der Waals surface area contributed by atoms with Gasteiger partial charge in [0.15, 0.2) is 16.6 Å². The predicted molar refractivity (Wildman–Crippen MR) is 109 cm³/mol. The largest absolute Gasteiger partial charge is 0.323 e. The first-order valence-electron chi connectivity index (χ1n) is 8.52. The Kier molecular flexibility index (Phi) is 4.81. The molecule has 0 bridgehead atoms. The number of carbonyl (C=O) groups is 1. The van der Waals surface area contributed by atoms with Crippen LogP contribution in [0.1, 0.15) is 5.69 Å². The summed E-state index contributed by atoms with van der Waals surface area (Å²) in [4.78, 5) is 29.3. The molecule has 0 atom stereocenters. The van der Waals surface area contributed by atoms with Crippen LogP contribution in [0.15, 0.2) is 58.7 Å². The van der Waals surface area contributed by atoms with Gasteiger partial charge in [0.1, 0.15) is 0 Å². The molecule has 0 saturated carbocycles. The summed E-state index contributed by atoms with van der Waals surface area (Å²) < 4.78 is 27.7. The van der Waals surface area contributed by atoms with Crippen molar-refractivity contribution in [1.29, 1.82) is 0 Å². The molecule has 0 saturated heterocycles. The second-order valence-corrected chi connectivity index (χ2v) is 7.10. The number of urea groups is 1. The number of hydrogen-bond donors (Lipinski definition) is 2. The van der Waals surface area contributed by atoms with Gasteiger partial charge in [0.05, 0.1) is 5.69 Å². The SMILES string of the molecule is Cc1cc(=O)n2c(-c3ccc(NC(=O)Nc4ccc(F)c(F)c4)cc3)csc2n1. The Bertz CT molecular complexity index is 1280. The fourth-order valence-electron chi connectivity index (χ4n) is 2.82. The summed E-state index contributed by atoms with van der Waals surface area (Å²) in [6, 6.07) is 10.9. The summed E-state index contributed by atoms with van der Waals surface area (Å²) in [6.07, 6.45) is 0. The number of fused-ring (bicyclic) bond motifs is 1. The summed E-state index contributed by atoms with van der Waals surface area (Å²) in [6.45, 7) is 1.77. The predicted octanol–water partition coefficient (Wildman–Crippen LogP) is 4.65. The Morgan fingerprint density at radius 3 is 2.41 bits per heavy atom. The number of nitrogens with zero attached hydrogens (tertiary/aromatic N) is 2. The first-order valence-corrected chi connectivity index (χ1v) is 9.40. The molecule has 2 aromatic carbocycles. The van der Waals surface area contributed by atoms with Crippen molar-refractivity contribution in [2.45, 2.75) is 6.92 Å². The van der Waals surface area contributed by atoms with Crippen LogP contribution in [0.5, 0.6) is 0 Å². The summed E-state index contributed by atoms with van der Waals surface area (Å²) in [7, 11) is 0. The normalized spacial score (nSPS) is 10.9. The van der Waals surface area contributed by atoms with Crippen LogP contribution in [0.2, 0.25) is 0 Å². The lowest BCUT2D eigenvalue weighted by Gasteiger charge is -2.09. The molecular formula is C20H14F2N4O2S. The van der Waals surface area contributed by atoms with Crippen molar-refractivity contribution >= 4 is 33.7 Å². The van der Waals surface area contributed by atoms with Gasteiger partial charge in [-0.1, -0.05) is 12.1 Å². The zero-order valence-corrected chi connectivity index (χ0v) is 15.9. The van der Waals surface area contributed by atoms with E-state index >= 15 is 0 Å². The van der Waals surface area contributed by atoms with Crippen LogP contribution in [0.3, 0.4) is 0 Å². The van der Waals surface area contributed by atoms with E-state index in [1.54, 1.807) is 31.2 Å². The van der Waals surface area contributed by atoms with Crippen molar-refractivity contribution in [3.05, 3.63) is 81.6 Å². The van der Waals surface area contributed by atoms with Crippen LogP contribution < -0.4 is 16.2 Å². The van der Waals surface area contributed by atoms with Gasteiger partial charge in [-0.15, -0.1) is 11.3 Å². The van der Waals surface area contributed by atoms with Gasteiger partial charge >= 0.3 is 6.03 Å². The highest BCUT2D eigenvalue weighted by Crippen LogP contribution is 2.25. The number of amides is 2. The number of nitrogens with one attached hydrogen (secondary N) is 2. The third-order valence-electron chi connectivity index (χ3n) is 4.15. The van der Waals surface area contributed by atoms with Crippen LogP contribution in [0.25, 0.3) is 16.2 Å². The Morgan fingerprint density at radius 1 is 1.00 bits per heavy atom. The molecule has 2 N–H and O–H groups in total. The van der Waals surface area contributed by atoms with Crippen molar-refractivity contribution in [3.8, 4) is 11.3 Å². The molecule has 6 nitrogen and oxygen atoms in total. The quantitative estimate of drug-likeness (QED) is 0.514. The van der Waals surface area contributed by atoms with Crippen LogP contribution >= 0.6 is 11.3 Å². The molecule has 2 heterocycles. The maximum atomic E-state index is 13.2. The summed E-state index contributed by atoms with van der Waals surface area (Å²) >= 11 is 1.37. The number of aromatic nitrogens is 2. The first kappa shape index (κ1) is 18.8. The standard InChI is InChI=1S/C20H14F2N4O2S/c1-11-8-18(27)26-17(10-29-20(26)23-11)12-2-4-13(5-3-12)24-19(28)25-14-6-7-15(21)16(22)9-14/h2-10H,1H3,(H2,24,25,28). The molecule has 0 fully saturated rings. The van der Waals surface area contributed by atoms with Crippen molar-refractivity contribution in [3.63, 3.8) is 0 Å². The molecule has 0 spiro atoms. The Hall–Kier alpha value is -3.59. The molecule has 0 aliphatic carbocycles. The molecule has 0 aliphatic heterocycles. The van der Waals surface area contributed by atoms with Gasteiger partial charge in [-0.25, -0.2) is 18.6 Å². The van der Waals surface area contributed by atoms with Crippen molar-refractivity contribution in [2.75, 3.05) is 10.6 Å². The van der Waals surface area contributed by atoms with Crippen LogP contribution in [0.4, 0.5) is 25.0 Å². The van der Waals surface area contributed by atoms with E-state index < -0.39 is 17.7 Å². The number of carbonyl (C=O) groups excluding carboxylic acids is 1. The number of thiazole rings is 1. The molecule has 2 aromatic heterocycles. The minimum atomic E-state index is -1.05. The Morgan fingerprint density at radius 2 is 1.69 bits per heavy atom. The van der Waals surface area contributed by atoms with E-state index in [1.807, 2.05) is 5.38 Å². The van der Waals surface area contributed by atoms with Crippen molar-refractivity contribution in [2.24, 2.45) is 0 Å². The zero-order chi connectivity index (χ0) is 20.5. The number of benzene rings is 2. The molecule has 4 aromatic rings. The van der Waals surface area contributed by atoms with Gasteiger partial charge in [-0.3, -0.25) is 9.20 Å². The smallest absolute Gasteiger partial charge is 0.308 e. The Labute approximate surface area is 167 Å². The molecule has 9 heteroatoms. The molecule has 146 valence electrons. The van der Waals surface area contributed by atoms with Crippen LogP contribution in [-0.4, -0.2) is 15.4 Å². The van der Waals surface area contributed by atoms with Crippen LogP contribution in [-0.2, 0) is 0 Å². The number of rotatable bonds is 3. The number of halogens is 2. The molecule has 0 unspecified atom stereocenters. The average Bonchev–Trinajstić information content (AvgIpc) is 3.09. The van der Waals surface area contributed by atoms with Crippen molar-refractivity contribution < 1.29 is 13.6 Å². The van der Waals surface area contributed by atoms with Gasteiger partial charge in [-0.2, -0.15) is 0 Å². The van der Waals surface area contributed by atoms with Gasteiger partial charge in [0.2, 0.25) is 0 Å². The van der Waals surface area contributed by atoms with E-state index in [9.17, 15) is 18.4 Å². The fourth-order valence-corrected chi connectivity index (χ4v) is 3.77. The van der Waals surface area contributed by atoms with Crippen molar-refractivity contribution in [1.82, 2.24) is 9.38 Å². The first-order chi connectivity index (χ1) is 13.9. The lowest BCUT2D eigenvalue weighted by atomic mass is 10.1. The number of aryl methyl sites for hydroxylation is 1. The Balaban J connectivity index is 1.52.